The first-order valence-electron chi connectivity index (χ1n) is 10.6. The van der Waals surface area contributed by atoms with Gasteiger partial charge in [-0.25, -0.2) is 4.68 Å². The van der Waals surface area contributed by atoms with Crippen molar-refractivity contribution >= 4 is 23.4 Å². The van der Waals surface area contributed by atoms with E-state index in [1.54, 1.807) is 0 Å². The van der Waals surface area contributed by atoms with Crippen molar-refractivity contribution in [1.29, 1.82) is 0 Å². The maximum Gasteiger partial charge on any atom is 0.240 e. The second-order valence-electron chi connectivity index (χ2n) is 7.49. The third-order valence-electron chi connectivity index (χ3n) is 5.11. The molecule has 0 saturated carbocycles. The number of ether oxygens (including phenoxy) is 1. The Kier molecular flexibility index (Phi) is 6.46. The average Bonchev–Trinajstić information content (AvgIpc) is 3.17. The summed E-state index contributed by atoms with van der Waals surface area (Å²) in [6, 6.07) is 15.5. The Balaban J connectivity index is 1.60. The minimum absolute atomic E-state index is 0.0847. The highest BCUT2D eigenvalue weighted by atomic mass is 32.2. The number of carbonyl (C=O) groups excluding carboxylic acids is 1. The molecule has 31 heavy (non-hydrogen) atoms. The largest absolute Gasteiger partial charge is 0.494 e. The number of nitrogens with one attached hydrogen (secondary N) is 2. The molecule has 0 unspecified atom stereocenters. The van der Waals surface area contributed by atoms with Crippen molar-refractivity contribution in [3.63, 3.8) is 0 Å². The van der Waals surface area contributed by atoms with Gasteiger partial charge < -0.3 is 15.5 Å². The summed E-state index contributed by atoms with van der Waals surface area (Å²) in [5, 5.41) is 12.0. The van der Waals surface area contributed by atoms with Gasteiger partial charge in [-0.05, 0) is 50.1 Å². The first-order valence-corrected chi connectivity index (χ1v) is 11.4. The van der Waals surface area contributed by atoms with E-state index in [1.807, 2.05) is 35.9 Å². The first kappa shape index (κ1) is 21.2. The summed E-state index contributed by atoms with van der Waals surface area (Å²) in [5.41, 5.74) is 6.46. The lowest BCUT2D eigenvalue weighted by Gasteiger charge is -2.33. The molecule has 0 radical (unpaired) electrons. The SMILES string of the molecule is CCCc1nnc2n1N[C@@H](c1ccc(C)cc1)[C@@H](C(=O)Nc1ccc(OCC)cc1)S2. The van der Waals surface area contributed by atoms with Crippen LogP contribution in [0, 0.1) is 6.92 Å². The van der Waals surface area contributed by atoms with Crippen LogP contribution in [0.4, 0.5) is 5.69 Å². The van der Waals surface area contributed by atoms with Gasteiger partial charge in [0.1, 0.15) is 11.0 Å². The van der Waals surface area contributed by atoms with E-state index in [2.05, 4.69) is 59.1 Å². The monoisotopic (exact) mass is 437 g/mol. The number of benzene rings is 2. The van der Waals surface area contributed by atoms with Gasteiger partial charge in [-0.1, -0.05) is 48.5 Å². The lowest BCUT2D eigenvalue weighted by atomic mass is 10.0. The second-order valence-corrected chi connectivity index (χ2v) is 8.60. The summed E-state index contributed by atoms with van der Waals surface area (Å²) < 4.78 is 7.41. The van der Waals surface area contributed by atoms with E-state index in [0.717, 1.165) is 35.7 Å². The Hall–Kier alpha value is -3.00. The minimum Gasteiger partial charge on any atom is -0.494 e. The molecule has 162 valence electrons. The molecule has 1 aliphatic rings. The molecule has 8 heteroatoms. The smallest absolute Gasteiger partial charge is 0.240 e. The number of aryl methyl sites for hydroxylation is 2. The highest BCUT2D eigenvalue weighted by molar-refractivity contribution is 8.00. The van der Waals surface area contributed by atoms with Gasteiger partial charge in [0.25, 0.3) is 0 Å². The number of carbonyl (C=O) groups is 1. The van der Waals surface area contributed by atoms with Crippen molar-refractivity contribution in [3.8, 4) is 5.75 Å². The minimum atomic E-state index is -0.402. The number of anilines is 1. The van der Waals surface area contributed by atoms with Gasteiger partial charge in [0.2, 0.25) is 11.1 Å². The van der Waals surface area contributed by atoms with Crippen LogP contribution in [0.3, 0.4) is 0 Å². The normalized spacial score (nSPS) is 17.5. The van der Waals surface area contributed by atoms with Crippen LogP contribution in [0.5, 0.6) is 5.75 Å². The summed E-state index contributed by atoms with van der Waals surface area (Å²) in [4.78, 5) is 13.3. The molecular weight excluding hydrogens is 410 g/mol. The zero-order valence-corrected chi connectivity index (χ0v) is 18.8. The third-order valence-corrected chi connectivity index (χ3v) is 6.32. The number of thioether (sulfide) groups is 1. The number of amides is 1. The van der Waals surface area contributed by atoms with E-state index in [0.29, 0.717) is 11.8 Å². The molecule has 1 aromatic heterocycles. The standard InChI is InChI=1S/C23H27N5O2S/c1-4-6-19-25-26-23-28(19)27-20(16-9-7-15(3)8-10-16)21(31-23)22(29)24-17-11-13-18(14-12-17)30-5-2/h7-14,20-21,27H,4-6H2,1-3H3,(H,24,29)/t20-,21-/m0/s1. The number of fused-ring (bicyclic) bond motifs is 1. The van der Waals surface area contributed by atoms with Gasteiger partial charge in [-0.2, -0.15) is 0 Å². The van der Waals surface area contributed by atoms with E-state index in [9.17, 15) is 4.79 Å². The van der Waals surface area contributed by atoms with Gasteiger partial charge in [0, 0.05) is 12.1 Å². The molecule has 3 aromatic rings. The van der Waals surface area contributed by atoms with Crippen LogP contribution in [-0.4, -0.2) is 32.6 Å². The molecule has 0 fully saturated rings. The van der Waals surface area contributed by atoms with Crippen LogP contribution in [0.25, 0.3) is 0 Å². The molecule has 1 amide bonds. The Bertz CT molecular complexity index is 1030. The molecule has 4 rings (SSSR count). The quantitative estimate of drug-likeness (QED) is 0.572. The summed E-state index contributed by atoms with van der Waals surface area (Å²) in [5.74, 6) is 1.58. The van der Waals surface area contributed by atoms with Crippen molar-refractivity contribution in [2.75, 3.05) is 17.3 Å². The molecule has 2 atom stereocenters. The first-order chi connectivity index (χ1) is 15.1. The molecule has 2 N–H and O–H groups in total. The van der Waals surface area contributed by atoms with Gasteiger partial charge in [0.05, 0.1) is 12.6 Å². The summed E-state index contributed by atoms with van der Waals surface area (Å²) in [6.45, 7) is 6.72. The number of hydrogen-bond donors (Lipinski definition) is 2. The second kappa shape index (κ2) is 9.43. The van der Waals surface area contributed by atoms with Crippen LogP contribution in [-0.2, 0) is 11.2 Å². The van der Waals surface area contributed by atoms with Crippen molar-refractivity contribution in [2.45, 2.75) is 50.1 Å². The number of rotatable bonds is 7. The van der Waals surface area contributed by atoms with E-state index in [4.69, 9.17) is 4.74 Å². The summed E-state index contributed by atoms with van der Waals surface area (Å²) in [7, 11) is 0. The van der Waals surface area contributed by atoms with Crippen LogP contribution < -0.4 is 15.5 Å². The molecule has 7 nitrogen and oxygen atoms in total. The van der Waals surface area contributed by atoms with Crippen molar-refractivity contribution in [1.82, 2.24) is 14.9 Å². The Morgan fingerprint density at radius 1 is 1.13 bits per heavy atom. The topological polar surface area (TPSA) is 81.1 Å². The number of aromatic nitrogens is 3. The fourth-order valence-electron chi connectivity index (χ4n) is 3.52. The van der Waals surface area contributed by atoms with Crippen molar-refractivity contribution in [3.05, 3.63) is 65.5 Å². The fraction of sp³-hybridized carbons (Fsp3) is 0.348. The molecule has 0 aliphatic carbocycles. The van der Waals surface area contributed by atoms with Crippen LogP contribution in [0.1, 0.15) is 43.3 Å². The molecule has 1 aliphatic heterocycles. The predicted molar refractivity (Wildman–Crippen MR) is 123 cm³/mol. The fourth-order valence-corrected chi connectivity index (χ4v) is 4.62. The van der Waals surface area contributed by atoms with E-state index < -0.39 is 5.25 Å². The van der Waals surface area contributed by atoms with E-state index >= 15 is 0 Å². The highest BCUT2D eigenvalue weighted by Gasteiger charge is 2.37. The van der Waals surface area contributed by atoms with Crippen molar-refractivity contribution < 1.29 is 9.53 Å². The predicted octanol–water partition coefficient (Wildman–Crippen LogP) is 4.34. The molecule has 0 spiro atoms. The summed E-state index contributed by atoms with van der Waals surface area (Å²) >= 11 is 1.44. The van der Waals surface area contributed by atoms with Crippen LogP contribution >= 0.6 is 11.8 Å². The Labute approximate surface area is 186 Å². The molecule has 0 saturated heterocycles. The molecular formula is C23H27N5O2S. The van der Waals surface area contributed by atoms with Crippen LogP contribution in [0.2, 0.25) is 0 Å². The zero-order chi connectivity index (χ0) is 21.8. The molecule has 0 bridgehead atoms. The molecule has 2 aromatic carbocycles. The Morgan fingerprint density at radius 2 is 1.87 bits per heavy atom. The third kappa shape index (κ3) is 4.69. The zero-order valence-electron chi connectivity index (χ0n) is 18.0. The van der Waals surface area contributed by atoms with E-state index in [-0.39, 0.29) is 11.9 Å². The Morgan fingerprint density at radius 3 is 2.55 bits per heavy atom. The van der Waals surface area contributed by atoms with E-state index in [1.165, 1.54) is 17.3 Å². The van der Waals surface area contributed by atoms with Gasteiger partial charge >= 0.3 is 0 Å². The summed E-state index contributed by atoms with van der Waals surface area (Å²) in [6.07, 6.45) is 1.80. The lowest BCUT2D eigenvalue weighted by Crippen LogP contribution is -2.41. The lowest BCUT2D eigenvalue weighted by molar-refractivity contribution is -0.116. The van der Waals surface area contributed by atoms with Gasteiger partial charge in [-0.3, -0.25) is 4.79 Å². The maximum atomic E-state index is 13.3. The number of hydrogen-bond acceptors (Lipinski definition) is 6. The van der Waals surface area contributed by atoms with Gasteiger partial charge in [0.15, 0.2) is 5.82 Å². The number of nitrogens with zero attached hydrogens (tertiary/aromatic N) is 3. The van der Waals surface area contributed by atoms with Crippen LogP contribution in [0.15, 0.2) is 53.7 Å². The highest BCUT2D eigenvalue weighted by Crippen LogP contribution is 2.37. The average molecular weight is 438 g/mol. The molecule has 2 heterocycles. The maximum absolute atomic E-state index is 13.3. The van der Waals surface area contributed by atoms with Crippen molar-refractivity contribution in [2.24, 2.45) is 0 Å². The van der Waals surface area contributed by atoms with Gasteiger partial charge in [-0.15, -0.1) is 10.2 Å².